The van der Waals surface area contributed by atoms with Crippen molar-refractivity contribution >= 4 is 35.0 Å². The zero-order chi connectivity index (χ0) is 37.5. The highest BCUT2D eigenvalue weighted by Crippen LogP contribution is 2.77. The van der Waals surface area contributed by atoms with Gasteiger partial charge in [0.25, 0.3) is 0 Å². The first kappa shape index (κ1) is 38.3. The molecule has 282 valence electrons. The van der Waals surface area contributed by atoms with Crippen molar-refractivity contribution < 1.29 is 29.3 Å². The van der Waals surface area contributed by atoms with Gasteiger partial charge in [-0.2, -0.15) is 0 Å². The van der Waals surface area contributed by atoms with Crippen molar-refractivity contribution in [2.75, 3.05) is 11.9 Å². The second-order valence-corrected chi connectivity index (χ2v) is 19.9. The van der Waals surface area contributed by atoms with Crippen LogP contribution in [-0.2, 0) is 19.1 Å². The van der Waals surface area contributed by atoms with Crippen molar-refractivity contribution in [3.05, 3.63) is 40.4 Å². The lowest BCUT2D eigenvalue weighted by molar-refractivity contribution is -0.235. The summed E-state index contributed by atoms with van der Waals surface area (Å²) in [4.78, 5) is 38.8. The third kappa shape index (κ3) is 5.90. The number of fused-ring (bicyclic) bond motifs is 7. The number of hydrogen-bond donors (Lipinski definition) is 3. The minimum Gasteiger partial charge on any atom is -0.481 e. The zero-order valence-electron chi connectivity index (χ0n) is 32.5. The third-order valence-electron chi connectivity index (χ3n) is 15.8. The van der Waals surface area contributed by atoms with Crippen LogP contribution in [-0.4, -0.2) is 46.7 Å². The number of benzene rings is 1. The number of esters is 1. The van der Waals surface area contributed by atoms with E-state index in [9.17, 15) is 24.6 Å². The number of carbonyl (C=O) groups excluding carboxylic acids is 2. The maximum atomic E-state index is 14.0. The average Bonchev–Trinajstić information content (AvgIpc) is 3.35. The molecule has 1 aromatic carbocycles. The number of allylic oxidation sites excluding steroid dienone is 1. The van der Waals surface area contributed by atoms with E-state index in [0.717, 1.165) is 62.6 Å². The molecule has 51 heavy (non-hydrogen) atoms. The van der Waals surface area contributed by atoms with Crippen molar-refractivity contribution in [1.82, 2.24) is 0 Å². The fraction of sp³-hybridized carbons (Fsp3) is 0.744. The van der Waals surface area contributed by atoms with Crippen molar-refractivity contribution in [2.24, 2.45) is 56.2 Å². The van der Waals surface area contributed by atoms with Gasteiger partial charge in [0.15, 0.2) is 5.78 Å². The maximum Gasteiger partial charge on any atom is 0.309 e. The molecule has 0 radical (unpaired) electrons. The van der Waals surface area contributed by atoms with E-state index < -0.39 is 28.9 Å². The van der Waals surface area contributed by atoms with Crippen LogP contribution in [0.15, 0.2) is 35.4 Å². The predicted octanol–water partition coefficient (Wildman–Crippen LogP) is 9.51. The molecule has 0 spiro atoms. The number of carboxylic acid groups (broad SMARTS) is 1. The lowest BCUT2D eigenvalue weighted by Gasteiger charge is -2.72. The Morgan fingerprint density at radius 3 is 2.24 bits per heavy atom. The lowest BCUT2D eigenvalue weighted by atomic mass is 9.33. The largest absolute Gasteiger partial charge is 0.481 e. The van der Waals surface area contributed by atoms with Crippen molar-refractivity contribution in [2.45, 2.75) is 139 Å². The number of nitrogens with one attached hydrogen (secondary N) is 1. The number of ether oxygens (including phenoxy) is 1. The summed E-state index contributed by atoms with van der Waals surface area (Å²) in [5.74, 6) is -0.00187. The van der Waals surface area contributed by atoms with Gasteiger partial charge < -0.3 is 20.3 Å². The summed E-state index contributed by atoms with van der Waals surface area (Å²) in [5, 5.41) is 25.8. The van der Waals surface area contributed by atoms with Gasteiger partial charge in [0, 0.05) is 34.5 Å². The minimum absolute atomic E-state index is 0.0211. The Labute approximate surface area is 310 Å². The molecule has 1 aromatic rings. The van der Waals surface area contributed by atoms with Crippen LogP contribution in [0.5, 0.6) is 0 Å². The molecule has 6 rings (SSSR count). The smallest absolute Gasteiger partial charge is 0.309 e. The molecule has 9 unspecified atom stereocenters. The highest BCUT2D eigenvalue weighted by Gasteiger charge is 2.70. The molecule has 0 aromatic heterocycles. The van der Waals surface area contributed by atoms with Gasteiger partial charge >= 0.3 is 11.9 Å². The Kier molecular flexibility index (Phi) is 9.69. The van der Waals surface area contributed by atoms with Crippen molar-refractivity contribution in [3.63, 3.8) is 0 Å². The quantitative estimate of drug-likeness (QED) is 0.218. The van der Waals surface area contributed by atoms with E-state index in [4.69, 9.17) is 16.3 Å². The van der Waals surface area contributed by atoms with Crippen LogP contribution in [0, 0.1) is 56.2 Å². The van der Waals surface area contributed by atoms with Gasteiger partial charge in [0.05, 0.1) is 17.9 Å². The van der Waals surface area contributed by atoms with Crippen LogP contribution in [0.1, 0.15) is 127 Å². The Hall–Kier alpha value is -2.38. The molecule has 4 saturated carbocycles. The monoisotopic (exact) mass is 723 g/mol. The average molecular weight is 724 g/mol. The first-order valence-corrected chi connectivity index (χ1v) is 19.9. The van der Waals surface area contributed by atoms with E-state index in [1.165, 1.54) is 5.57 Å². The number of aliphatic carboxylic acids is 1. The highest BCUT2D eigenvalue weighted by atomic mass is 35.5. The molecule has 3 N–H and O–H groups in total. The normalized spacial score (nSPS) is 37.9. The van der Waals surface area contributed by atoms with Crippen LogP contribution >= 0.6 is 11.6 Å². The number of hydrogen-bond acceptors (Lipinski definition) is 6. The van der Waals surface area contributed by atoms with E-state index in [1.54, 1.807) is 13.8 Å². The highest BCUT2D eigenvalue weighted by molar-refractivity contribution is 6.30. The van der Waals surface area contributed by atoms with Gasteiger partial charge in [-0.3, -0.25) is 14.4 Å². The second-order valence-electron chi connectivity index (χ2n) is 19.5. The first-order chi connectivity index (χ1) is 23.6. The third-order valence-corrected chi connectivity index (χ3v) is 16.1. The van der Waals surface area contributed by atoms with Crippen LogP contribution in [0.2, 0.25) is 5.02 Å². The molecule has 5 aliphatic carbocycles. The fourth-order valence-electron chi connectivity index (χ4n) is 12.9. The summed E-state index contributed by atoms with van der Waals surface area (Å²) in [7, 11) is 0. The number of aliphatic hydroxyl groups excluding tert-OH is 1. The summed E-state index contributed by atoms with van der Waals surface area (Å²) in [6.07, 6.45) is 7.07. The van der Waals surface area contributed by atoms with E-state index in [-0.39, 0.29) is 51.8 Å². The molecular formula is C43H62ClNO6. The molecule has 7 nitrogen and oxygen atoms in total. The minimum atomic E-state index is -1.17. The lowest BCUT2D eigenvalue weighted by Crippen LogP contribution is -2.66. The van der Waals surface area contributed by atoms with Gasteiger partial charge in [0.2, 0.25) is 0 Å². The van der Waals surface area contributed by atoms with Gasteiger partial charge in [-0.25, -0.2) is 0 Å². The molecule has 8 heteroatoms. The summed E-state index contributed by atoms with van der Waals surface area (Å²) < 4.78 is 6.16. The molecule has 0 aliphatic heterocycles. The predicted molar refractivity (Wildman–Crippen MR) is 201 cm³/mol. The van der Waals surface area contributed by atoms with Crippen LogP contribution in [0.4, 0.5) is 5.69 Å². The summed E-state index contributed by atoms with van der Waals surface area (Å²) in [5.41, 5.74) is 1.28. The second kappa shape index (κ2) is 12.9. The van der Waals surface area contributed by atoms with Gasteiger partial charge in [-0.15, -0.1) is 0 Å². The molecular weight excluding hydrogens is 662 g/mol. The standard InChI is InChI=1S/C43H62ClNO6/c1-25(2)35-29(46)22-43(32(47)24-45-27-12-10-26(44)11-13-27)21-20-41(8)28(36(35)43)14-15-31-40(7)18-17-33(51-34(48)23-38(3,4)37(49)50)39(5,6)30(40)16-19-42(31,41)9/h10-13,25,28,30-33,45,47H,14-24H2,1-9H3,(H,49,50). The van der Waals surface area contributed by atoms with Crippen molar-refractivity contribution in [3.8, 4) is 0 Å². The van der Waals surface area contributed by atoms with Gasteiger partial charge in [-0.05, 0) is 135 Å². The number of carboxylic acids is 1. The number of halogens is 1. The van der Waals surface area contributed by atoms with Crippen LogP contribution < -0.4 is 5.32 Å². The summed E-state index contributed by atoms with van der Waals surface area (Å²) in [6.45, 7) is 19.9. The van der Waals surface area contributed by atoms with E-state index in [2.05, 4.69) is 53.8 Å². The van der Waals surface area contributed by atoms with E-state index in [1.807, 2.05) is 24.3 Å². The van der Waals surface area contributed by atoms with E-state index >= 15 is 0 Å². The number of anilines is 1. The molecule has 0 bridgehead atoms. The van der Waals surface area contributed by atoms with Gasteiger partial charge in [0.1, 0.15) is 6.10 Å². The SMILES string of the molecule is CC(C)C1=C2C3CCC4C5(C)CCC(OC(=O)CC(C)(C)C(=O)O)C(C)(C)C5CCC4(C)C3(C)CCC2(C(O)CNc2ccc(Cl)cc2)CC1=O. The van der Waals surface area contributed by atoms with E-state index in [0.29, 0.717) is 29.8 Å². The maximum absolute atomic E-state index is 14.0. The van der Waals surface area contributed by atoms with Crippen molar-refractivity contribution in [1.29, 1.82) is 0 Å². The topological polar surface area (TPSA) is 113 Å². The summed E-state index contributed by atoms with van der Waals surface area (Å²) in [6, 6.07) is 7.55. The zero-order valence-corrected chi connectivity index (χ0v) is 33.2. The molecule has 9 atom stereocenters. The molecule has 5 aliphatic rings. The number of rotatable bonds is 9. The number of Topliss-reactive ketones (excluding diaryl/α,β-unsaturated/α-hetero) is 1. The Balaban J connectivity index is 1.28. The Bertz CT molecular complexity index is 1600. The van der Waals surface area contributed by atoms with Gasteiger partial charge in [-0.1, -0.05) is 65.6 Å². The Morgan fingerprint density at radius 2 is 1.61 bits per heavy atom. The molecule has 0 amide bonds. The fourth-order valence-corrected chi connectivity index (χ4v) is 13.0. The Morgan fingerprint density at radius 1 is 0.941 bits per heavy atom. The summed E-state index contributed by atoms with van der Waals surface area (Å²) >= 11 is 6.12. The molecule has 4 fully saturated rings. The first-order valence-electron chi connectivity index (χ1n) is 19.5. The number of ketones is 1. The van der Waals surface area contributed by atoms with Crippen LogP contribution in [0.3, 0.4) is 0 Å². The molecule has 0 saturated heterocycles. The number of carbonyl (C=O) groups is 3. The van der Waals surface area contributed by atoms with Crippen LogP contribution in [0.25, 0.3) is 0 Å². The number of aliphatic hydroxyl groups is 1. The molecule has 0 heterocycles.